The van der Waals surface area contributed by atoms with E-state index in [0.29, 0.717) is 16.9 Å². The van der Waals surface area contributed by atoms with Crippen LogP contribution in [0, 0.1) is 6.92 Å². The van der Waals surface area contributed by atoms with Crippen LogP contribution in [0.1, 0.15) is 58.8 Å². The van der Waals surface area contributed by atoms with Gasteiger partial charge in [-0.15, -0.1) is 0 Å². The zero-order valence-corrected chi connectivity index (χ0v) is 20.2. The molecule has 1 fully saturated rings. The molecule has 184 valence electrons. The number of benzene rings is 2. The van der Waals surface area contributed by atoms with Gasteiger partial charge in [0.05, 0.1) is 10.6 Å². The van der Waals surface area contributed by atoms with E-state index in [0.717, 1.165) is 30.4 Å². The van der Waals surface area contributed by atoms with Crippen LogP contribution in [-0.2, 0) is 15.6 Å². The molecule has 2 aromatic carbocycles. The highest BCUT2D eigenvalue weighted by atomic mass is 32.2. The first kappa shape index (κ1) is 24.5. The van der Waals surface area contributed by atoms with Crippen molar-refractivity contribution in [1.29, 1.82) is 0 Å². The van der Waals surface area contributed by atoms with Gasteiger partial charge >= 0.3 is 5.69 Å². The van der Waals surface area contributed by atoms with Crippen molar-refractivity contribution in [3.8, 4) is 0 Å². The van der Waals surface area contributed by atoms with E-state index in [4.69, 9.17) is 5.73 Å². The molecule has 1 aliphatic carbocycles. The van der Waals surface area contributed by atoms with Gasteiger partial charge in [-0.05, 0) is 55.4 Å². The smallest absolute Gasteiger partial charge is 0.326 e. The average Bonchev–Trinajstić information content (AvgIpc) is 2.82. The molecule has 1 amide bonds. The maximum absolute atomic E-state index is 12.7. The molecule has 1 heterocycles. The molecule has 0 radical (unpaired) electrons. The Kier molecular flexibility index (Phi) is 6.93. The third-order valence-electron chi connectivity index (χ3n) is 6.40. The third-order valence-corrected chi connectivity index (χ3v) is 8.11. The second-order valence-corrected chi connectivity index (χ2v) is 11.0. The number of amides is 1. The van der Waals surface area contributed by atoms with E-state index in [-0.39, 0.29) is 29.1 Å². The summed E-state index contributed by atoms with van der Waals surface area (Å²) in [5.74, 6) is -0.476. The lowest BCUT2D eigenvalue weighted by Crippen LogP contribution is -2.40. The Hall–Kier alpha value is -3.66. The highest BCUT2D eigenvalue weighted by molar-refractivity contribution is 7.90. The molecule has 1 aliphatic rings. The topological polar surface area (TPSA) is 155 Å². The summed E-state index contributed by atoms with van der Waals surface area (Å²) in [6.07, 6.45) is 3.28. The molecule has 10 heteroatoms. The SMILES string of the molecule is Cc1ccc(S(=O)(=O)Cc2ccc(C3CCCC(NC(=O)c4[nH]c(=O)[nH]c(=O)c4N)C3)cc2)cc1. The van der Waals surface area contributed by atoms with Gasteiger partial charge in [0.15, 0.2) is 9.84 Å². The zero-order valence-electron chi connectivity index (χ0n) is 19.3. The van der Waals surface area contributed by atoms with Crippen LogP contribution in [0.5, 0.6) is 0 Å². The van der Waals surface area contributed by atoms with Crippen LogP contribution in [-0.4, -0.2) is 30.3 Å². The van der Waals surface area contributed by atoms with Crippen molar-refractivity contribution in [2.24, 2.45) is 0 Å². The van der Waals surface area contributed by atoms with Crippen molar-refractivity contribution in [2.75, 3.05) is 5.73 Å². The molecule has 3 aromatic rings. The number of carbonyl (C=O) groups excluding carboxylic acids is 1. The van der Waals surface area contributed by atoms with Crippen LogP contribution in [0.15, 0.2) is 63.0 Å². The number of sulfone groups is 1. The van der Waals surface area contributed by atoms with E-state index in [1.807, 2.05) is 36.2 Å². The summed E-state index contributed by atoms with van der Waals surface area (Å²) in [5.41, 5.74) is 6.29. The first-order valence-corrected chi connectivity index (χ1v) is 13.1. The Labute approximate surface area is 202 Å². The first-order chi connectivity index (χ1) is 16.6. The third kappa shape index (κ3) is 5.71. The fourth-order valence-corrected chi connectivity index (χ4v) is 5.84. The number of nitrogen functional groups attached to an aromatic ring is 1. The number of nitrogens with two attached hydrogens (primary N) is 1. The molecular weight excluding hydrogens is 468 g/mol. The van der Waals surface area contributed by atoms with Crippen molar-refractivity contribution in [3.05, 3.63) is 91.8 Å². The molecule has 35 heavy (non-hydrogen) atoms. The van der Waals surface area contributed by atoms with Crippen LogP contribution < -0.4 is 22.3 Å². The molecular formula is C25H28N4O5S. The molecule has 0 aliphatic heterocycles. The fourth-order valence-electron chi connectivity index (χ4n) is 4.49. The lowest BCUT2D eigenvalue weighted by atomic mass is 9.81. The van der Waals surface area contributed by atoms with E-state index in [1.54, 1.807) is 24.3 Å². The molecule has 9 nitrogen and oxygen atoms in total. The van der Waals surface area contributed by atoms with Crippen LogP contribution in [0.25, 0.3) is 0 Å². The number of nitrogens with one attached hydrogen (secondary N) is 3. The summed E-state index contributed by atoms with van der Waals surface area (Å²) in [5, 5.41) is 2.87. The number of H-pyrrole nitrogens is 2. The van der Waals surface area contributed by atoms with Gasteiger partial charge in [-0.3, -0.25) is 14.6 Å². The normalized spacial score (nSPS) is 18.2. The maximum Gasteiger partial charge on any atom is 0.326 e. The number of aromatic amines is 2. The Morgan fingerprint density at radius 1 is 1.03 bits per heavy atom. The molecule has 0 saturated heterocycles. The summed E-state index contributed by atoms with van der Waals surface area (Å²) in [6, 6.07) is 14.3. The summed E-state index contributed by atoms with van der Waals surface area (Å²) < 4.78 is 25.5. The molecule has 0 bridgehead atoms. The largest absolute Gasteiger partial charge is 0.392 e. The van der Waals surface area contributed by atoms with E-state index in [2.05, 4.69) is 10.3 Å². The molecule has 4 rings (SSSR count). The van der Waals surface area contributed by atoms with Gasteiger partial charge in [0.25, 0.3) is 11.5 Å². The minimum Gasteiger partial charge on any atom is -0.392 e. The van der Waals surface area contributed by atoms with Gasteiger partial charge in [-0.25, -0.2) is 13.2 Å². The average molecular weight is 497 g/mol. The minimum absolute atomic E-state index is 0.0739. The van der Waals surface area contributed by atoms with E-state index < -0.39 is 27.0 Å². The summed E-state index contributed by atoms with van der Waals surface area (Å²) in [4.78, 5) is 40.4. The fraction of sp³-hybridized carbons (Fsp3) is 0.320. The predicted molar refractivity (Wildman–Crippen MR) is 133 cm³/mol. The number of anilines is 1. The maximum atomic E-state index is 12.7. The molecule has 1 saturated carbocycles. The number of carbonyl (C=O) groups is 1. The van der Waals surface area contributed by atoms with Gasteiger partial charge in [-0.1, -0.05) is 48.4 Å². The van der Waals surface area contributed by atoms with Gasteiger partial charge < -0.3 is 16.0 Å². The van der Waals surface area contributed by atoms with Gasteiger partial charge in [0.1, 0.15) is 11.4 Å². The Bertz CT molecular complexity index is 1440. The molecule has 1 aromatic heterocycles. The lowest BCUT2D eigenvalue weighted by Gasteiger charge is -2.30. The van der Waals surface area contributed by atoms with E-state index in [9.17, 15) is 22.8 Å². The summed E-state index contributed by atoms with van der Waals surface area (Å²) in [7, 11) is -3.43. The van der Waals surface area contributed by atoms with Gasteiger partial charge in [-0.2, -0.15) is 0 Å². The van der Waals surface area contributed by atoms with Crippen molar-refractivity contribution in [2.45, 2.75) is 55.2 Å². The van der Waals surface area contributed by atoms with Crippen molar-refractivity contribution >= 4 is 21.4 Å². The van der Waals surface area contributed by atoms with Crippen LogP contribution in [0.3, 0.4) is 0 Å². The number of aromatic nitrogens is 2. The molecule has 0 spiro atoms. The van der Waals surface area contributed by atoms with Crippen LogP contribution >= 0.6 is 0 Å². The number of rotatable bonds is 6. The summed E-state index contributed by atoms with van der Waals surface area (Å²) in [6.45, 7) is 1.91. The van der Waals surface area contributed by atoms with Crippen molar-refractivity contribution in [1.82, 2.24) is 15.3 Å². The van der Waals surface area contributed by atoms with Crippen molar-refractivity contribution < 1.29 is 13.2 Å². The number of hydrogen-bond donors (Lipinski definition) is 4. The Balaban J connectivity index is 1.42. The molecule has 5 N–H and O–H groups in total. The van der Waals surface area contributed by atoms with E-state index >= 15 is 0 Å². The summed E-state index contributed by atoms with van der Waals surface area (Å²) >= 11 is 0. The van der Waals surface area contributed by atoms with Gasteiger partial charge in [0, 0.05) is 6.04 Å². The first-order valence-electron chi connectivity index (χ1n) is 11.4. The Morgan fingerprint density at radius 2 is 1.71 bits per heavy atom. The quantitative estimate of drug-likeness (QED) is 0.411. The van der Waals surface area contributed by atoms with Gasteiger partial charge in [0.2, 0.25) is 0 Å². The molecule has 2 atom stereocenters. The number of aryl methyl sites for hydroxylation is 1. The van der Waals surface area contributed by atoms with Crippen LogP contribution in [0.4, 0.5) is 5.69 Å². The van der Waals surface area contributed by atoms with Crippen molar-refractivity contribution in [3.63, 3.8) is 0 Å². The molecule has 2 unspecified atom stereocenters. The van der Waals surface area contributed by atoms with Crippen LogP contribution in [0.2, 0.25) is 0 Å². The predicted octanol–water partition coefficient (Wildman–Crippen LogP) is 2.38. The second kappa shape index (κ2) is 9.91. The monoisotopic (exact) mass is 496 g/mol. The highest BCUT2D eigenvalue weighted by Crippen LogP contribution is 2.33. The number of hydrogen-bond acceptors (Lipinski definition) is 6. The zero-order chi connectivity index (χ0) is 25.2. The highest BCUT2D eigenvalue weighted by Gasteiger charge is 2.26. The van der Waals surface area contributed by atoms with E-state index in [1.165, 1.54) is 0 Å². The standard InChI is InChI=1S/C25H28N4O5S/c1-15-5-11-20(12-6-15)35(33,34)14-16-7-9-17(10-8-16)18-3-2-4-19(13-18)27-24(31)22-21(26)23(30)29-25(32)28-22/h5-12,18-19H,2-4,13-14,26H2,1H3,(H,27,31)(H2,28,29,30,32). The lowest BCUT2D eigenvalue weighted by molar-refractivity contribution is 0.0920. The second-order valence-electron chi connectivity index (χ2n) is 9.04. The minimum atomic E-state index is -3.43. The Morgan fingerprint density at radius 3 is 2.40 bits per heavy atom.